The summed E-state index contributed by atoms with van der Waals surface area (Å²) in [6.45, 7) is 10.3. The number of amides is 1. The predicted octanol–water partition coefficient (Wildman–Crippen LogP) is 4.84. The SMILES string of the molecule is CCC(C)Oc1ccc(C(=O)NC(=S)Nc2ccc(N(CC)CC)cc2)cc1. The molecule has 28 heavy (non-hydrogen) atoms. The van der Waals surface area contributed by atoms with Gasteiger partial charge in [0, 0.05) is 30.0 Å². The highest BCUT2D eigenvalue weighted by Crippen LogP contribution is 2.18. The van der Waals surface area contributed by atoms with Crippen LogP contribution in [0.1, 0.15) is 44.5 Å². The van der Waals surface area contributed by atoms with Gasteiger partial charge in [-0.2, -0.15) is 0 Å². The third kappa shape index (κ3) is 6.23. The van der Waals surface area contributed by atoms with E-state index in [0.29, 0.717) is 5.56 Å². The smallest absolute Gasteiger partial charge is 0.257 e. The Morgan fingerprint density at radius 3 is 2.18 bits per heavy atom. The molecule has 2 aromatic rings. The van der Waals surface area contributed by atoms with Gasteiger partial charge in [-0.1, -0.05) is 6.92 Å². The Balaban J connectivity index is 1.91. The number of ether oxygens (including phenoxy) is 1. The number of thiocarbonyl (C=S) groups is 1. The van der Waals surface area contributed by atoms with Gasteiger partial charge < -0.3 is 15.0 Å². The molecular weight excluding hydrogens is 370 g/mol. The molecule has 0 spiro atoms. The molecule has 0 aliphatic carbocycles. The van der Waals surface area contributed by atoms with Crippen LogP contribution in [0, 0.1) is 0 Å². The zero-order valence-electron chi connectivity index (χ0n) is 17.0. The number of rotatable bonds is 8. The number of hydrogen-bond acceptors (Lipinski definition) is 4. The van der Waals surface area contributed by atoms with Crippen molar-refractivity contribution >= 4 is 34.6 Å². The summed E-state index contributed by atoms with van der Waals surface area (Å²) in [5.74, 6) is 0.493. The van der Waals surface area contributed by atoms with E-state index in [1.54, 1.807) is 24.3 Å². The first-order valence-corrected chi connectivity index (χ1v) is 10.1. The van der Waals surface area contributed by atoms with Crippen molar-refractivity contribution < 1.29 is 9.53 Å². The summed E-state index contributed by atoms with van der Waals surface area (Å²) >= 11 is 5.26. The number of benzene rings is 2. The Labute approximate surface area is 173 Å². The first-order valence-electron chi connectivity index (χ1n) is 9.70. The highest BCUT2D eigenvalue weighted by atomic mass is 32.1. The summed E-state index contributed by atoms with van der Waals surface area (Å²) in [7, 11) is 0. The van der Waals surface area contributed by atoms with Crippen molar-refractivity contribution in [2.75, 3.05) is 23.3 Å². The van der Waals surface area contributed by atoms with Crippen LogP contribution in [0.15, 0.2) is 48.5 Å². The van der Waals surface area contributed by atoms with Gasteiger partial charge in [0.15, 0.2) is 5.11 Å². The Bertz CT molecular complexity index is 771. The first-order chi connectivity index (χ1) is 13.5. The molecule has 2 rings (SSSR count). The van der Waals surface area contributed by atoms with Crippen LogP contribution < -0.4 is 20.3 Å². The highest BCUT2D eigenvalue weighted by molar-refractivity contribution is 7.80. The van der Waals surface area contributed by atoms with E-state index >= 15 is 0 Å². The standard InChI is InChI=1S/C22H29N3O2S/c1-5-16(4)27-20-14-8-17(9-15-20)21(26)24-22(28)23-18-10-12-19(13-11-18)25(6-2)7-3/h8-16H,5-7H2,1-4H3,(H2,23,24,26,28). The van der Waals surface area contributed by atoms with Crippen LogP contribution in [-0.4, -0.2) is 30.2 Å². The number of nitrogens with one attached hydrogen (secondary N) is 2. The molecule has 5 nitrogen and oxygen atoms in total. The highest BCUT2D eigenvalue weighted by Gasteiger charge is 2.09. The zero-order chi connectivity index (χ0) is 20.5. The number of anilines is 2. The van der Waals surface area contributed by atoms with E-state index in [2.05, 4.69) is 36.3 Å². The molecule has 1 amide bonds. The Hall–Kier alpha value is -2.60. The quantitative estimate of drug-likeness (QED) is 0.622. The average Bonchev–Trinajstić information content (AvgIpc) is 2.70. The van der Waals surface area contributed by atoms with Gasteiger partial charge in [0.2, 0.25) is 0 Å². The summed E-state index contributed by atoms with van der Waals surface area (Å²) in [5.41, 5.74) is 2.52. The normalized spacial score (nSPS) is 11.4. The predicted molar refractivity (Wildman–Crippen MR) is 121 cm³/mol. The average molecular weight is 400 g/mol. The van der Waals surface area contributed by atoms with Gasteiger partial charge in [-0.3, -0.25) is 10.1 Å². The van der Waals surface area contributed by atoms with E-state index in [4.69, 9.17) is 17.0 Å². The van der Waals surface area contributed by atoms with Gasteiger partial charge in [-0.15, -0.1) is 0 Å². The van der Waals surface area contributed by atoms with E-state index < -0.39 is 0 Å². The topological polar surface area (TPSA) is 53.6 Å². The molecule has 0 aromatic heterocycles. The molecular formula is C22H29N3O2S. The van der Waals surface area contributed by atoms with Crippen LogP contribution in [0.4, 0.5) is 11.4 Å². The lowest BCUT2D eigenvalue weighted by atomic mass is 10.2. The second kappa shape index (κ2) is 10.7. The Kier molecular flexibility index (Phi) is 8.26. The van der Waals surface area contributed by atoms with Gasteiger partial charge >= 0.3 is 0 Å². The summed E-state index contributed by atoms with van der Waals surface area (Å²) in [6, 6.07) is 15.0. The molecule has 0 aliphatic heterocycles. The molecule has 0 saturated heterocycles. The summed E-state index contributed by atoms with van der Waals surface area (Å²) in [4.78, 5) is 14.6. The Morgan fingerprint density at radius 2 is 1.64 bits per heavy atom. The van der Waals surface area contributed by atoms with Crippen LogP contribution in [0.2, 0.25) is 0 Å². The Morgan fingerprint density at radius 1 is 1.04 bits per heavy atom. The fourth-order valence-corrected chi connectivity index (χ4v) is 2.89. The molecule has 0 aliphatic rings. The van der Waals surface area contributed by atoms with Gasteiger partial charge in [0.1, 0.15) is 5.75 Å². The van der Waals surface area contributed by atoms with Gasteiger partial charge in [-0.25, -0.2) is 0 Å². The molecule has 2 aromatic carbocycles. The molecule has 0 saturated carbocycles. The third-order valence-electron chi connectivity index (χ3n) is 4.51. The van der Waals surface area contributed by atoms with Crippen molar-refractivity contribution in [2.45, 2.75) is 40.2 Å². The largest absolute Gasteiger partial charge is 0.491 e. The van der Waals surface area contributed by atoms with Crippen molar-refractivity contribution in [3.8, 4) is 5.75 Å². The molecule has 1 unspecified atom stereocenters. The van der Waals surface area contributed by atoms with Crippen molar-refractivity contribution in [2.24, 2.45) is 0 Å². The third-order valence-corrected chi connectivity index (χ3v) is 4.71. The molecule has 0 bridgehead atoms. The van der Waals surface area contributed by atoms with Crippen molar-refractivity contribution in [1.29, 1.82) is 0 Å². The number of carbonyl (C=O) groups is 1. The molecule has 0 heterocycles. The fourth-order valence-electron chi connectivity index (χ4n) is 2.68. The van der Waals surface area contributed by atoms with E-state index in [-0.39, 0.29) is 17.1 Å². The minimum Gasteiger partial charge on any atom is -0.491 e. The molecule has 2 N–H and O–H groups in total. The summed E-state index contributed by atoms with van der Waals surface area (Å²) in [6.07, 6.45) is 1.07. The molecule has 0 fully saturated rings. The van der Waals surface area contributed by atoms with Gasteiger partial charge in [-0.05, 0) is 87.9 Å². The van der Waals surface area contributed by atoms with Crippen molar-refractivity contribution in [1.82, 2.24) is 5.32 Å². The first kappa shape index (κ1) is 21.7. The maximum atomic E-state index is 12.4. The van der Waals surface area contributed by atoms with E-state index in [1.165, 1.54) is 0 Å². The molecule has 150 valence electrons. The maximum absolute atomic E-state index is 12.4. The monoisotopic (exact) mass is 399 g/mol. The lowest BCUT2D eigenvalue weighted by Crippen LogP contribution is -2.34. The van der Waals surface area contributed by atoms with E-state index in [0.717, 1.165) is 36.6 Å². The number of carbonyl (C=O) groups excluding carboxylic acids is 1. The van der Waals surface area contributed by atoms with Crippen LogP contribution in [0.5, 0.6) is 5.75 Å². The molecule has 6 heteroatoms. The van der Waals surface area contributed by atoms with Crippen LogP contribution >= 0.6 is 12.2 Å². The molecule has 1 atom stereocenters. The summed E-state index contributed by atoms with van der Waals surface area (Å²) in [5, 5.41) is 6.02. The van der Waals surface area contributed by atoms with Gasteiger partial charge in [0.05, 0.1) is 6.10 Å². The minimum absolute atomic E-state index is 0.143. The minimum atomic E-state index is -0.257. The second-order valence-corrected chi connectivity index (χ2v) is 6.90. The maximum Gasteiger partial charge on any atom is 0.257 e. The van der Waals surface area contributed by atoms with Crippen LogP contribution in [-0.2, 0) is 0 Å². The van der Waals surface area contributed by atoms with E-state index in [9.17, 15) is 4.79 Å². The van der Waals surface area contributed by atoms with Crippen LogP contribution in [0.3, 0.4) is 0 Å². The lowest BCUT2D eigenvalue weighted by Gasteiger charge is -2.21. The zero-order valence-corrected chi connectivity index (χ0v) is 17.8. The second-order valence-electron chi connectivity index (χ2n) is 6.49. The van der Waals surface area contributed by atoms with Gasteiger partial charge in [0.25, 0.3) is 5.91 Å². The van der Waals surface area contributed by atoms with Crippen molar-refractivity contribution in [3.05, 3.63) is 54.1 Å². The molecule has 0 radical (unpaired) electrons. The fraction of sp³-hybridized carbons (Fsp3) is 0.364. The number of nitrogens with zero attached hydrogens (tertiary/aromatic N) is 1. The lowest BCUT2D eigenvalue weighted by molar-refractivity contribution is 0.0977. The summed E-state index contributed by atoms with van der Waals surface area (Å²) < 4.78 is 5.73. The van der Waals surface area contributed by atoms with Crippen LogP contribution in [0.25, 0.3) is 0 Å². The van der Waals surface area contributed by atoms with E-state index in [1.807, 2.05) is 31.2 Å². The number of hydrogen-bond donors (Lipinski definition) is 2. The van der Waals surface area contributed by atoms with Crippen molar-refractivity contribution in [3.63, 3.8) is 0 Å².